The first-order valence-corrected chi connectivity index (χ1v) is 7.83. The number of hydrogen-bond acceptors (Lipinski definition) is 1. The van der Waals surface area contributed by atoms with Gasteiger partial charge in [-0.3, -0.25) is 0 Å². The van der Waals surface area contributed by atoms with Crippen molar-refractivity contribution in [3.63, 3.8) is 0 Å². The molecule has 0 aliphatic heterocycles. The molecule has 0 aromatic heterocycles. The number of halogens is 3. The first-order valence-electron chi connectivity index (χ1n) is 5.87. The van der Waals surface area contributed by atoms with E-state index in [-0.39, 0.29) is 6.04 Å². The maximum atomic E-state index is 6.37. The van der Waals surface area contributed by atoms with Gasteiger partial charge in [-0.05, 0) is 70.2 Å². The number of hydrogen-bond donors (Lipinski definition) is 1. The topological polar surface area (TPSA) is 26.0 Å². The normalized spacial score (nSPS) is 12.5. The van der Waals surface area contributed by atoms with Gasteiger partial charge in [-0.1, -0.05) is 39.7 Å². The Morgan fingerprint density at radius 2 is 1.68 bits per heavy atom. The summed E-state index contributed by atoms with van der Waals surface area (Å²) in [5.41, 5.74) is 10.9. The SMILES string of the molecule is Cc1cc(C(N)c2ccc(Br)c(Cl)c2)c(C)cc1Br. The fourth-order valence-corrected chi connectivity index (χ4v) is 2.92. The molecule has 0 heterocycles. The van der Waals surface area contributed by atoms with Gasteiger partial charge >= 0.3 is 0 Å². The zero-order chi connectivity index (χ0) is 14.2. The van der Waals surface area contributed by atoms with Crippen molar-refractivity contribution in [3.05, 3.63) is 66.6 Å². The smallest absolute Gasteiger partial charge is 0.0554 e. The Morgan fingerprint density at radius 1 is 1.00 bits per heavy atom. The lowest BCUT2D eigenvalue weighted by atomic mass is 9.94. The average molecular weight is 404 g/mol. The molecular weight excluding hydrogens is 389 g/mol. The number of rotatable bonds is 2. The minimum absolute atomic E-state index is 0.169. The number of nitrogens with two attached hydrogens (primary N) is 1. The van der Waals surface area contributed by atoms with Gasteiger partial charge in [0.1, 0.15) is 0 Å². The van der Waals surface area contributed by atoms with Crippen LogP contribution in [0, 0.1) is 13.8 Å². The van der Waals surface area contributed by atoms with Crippen LogP contribution in [0.5, 0.6) is 0 Å². The van der Waals surface area contributed by atoms with Crippen molar-refractivity contribution in [2.45, 2.75) is 19.9 Å². The van der Waals surface area contributed by atoms with Gasteiger partial charge in [0.25, 0.3) is 0 Å². The molecule has 0 saturated carbocycles. The fourth-order valence-electron chi connectivity index (χ4n) is 2.02. The van der Waals surface area contributed by atoms with Crippen LogP contribution >= 0.6 is 43.5 Å². The first-order chi connectivity index (χ1) is 8.90. The molecule has 0 fully saturated rings. The monoisotopic (exact) mass is 401 g/mol. The number of benzene rings is 2. The van der Waals surface area contributed by atoms with Crippen LogP contribution < -0.4 is 5.73 Å². The Labute approximate surface area is 135 Å². The maximum Gasteiger partial charge on any atom is 0.0554 e. The van der Waals surface area contributed by atoms with E-state index in [2.05, 4.69) is 57.8 Å². The molecule has 0 spiro atoms. The van der Waals surface area contributed by atoms with Crippen LogP contribution in [-0.2, 0) is 0 Å². The second-order valence-electron chi connectivity index (χ2n) is 4.61. The van der Waals surface area contributed by atoms with Crippen LogP contribution in [0.3, 0.4) is 0 Å². The summed E-state index contributed by atoms with van der Waals surface area (Å²) in [4.78, 5) is 0. The minimum Gasteiger partial charge on any atom is -0.320 e. The summed E-state index contributed by atoms with van der Waals surface area (Å²) in [6.07, 6.45) is 0. The summed E-state index contributed by atoms with van der Waals surface area (Å²) >= 11 is 13.1. The van der Waals surface area contributed by atoms with E-state index in [0.717, 1.165) is 20.1 Å². The maximum absolute atomic E-state index is 6.37. The van der Waals surface area contributed by atoms with Gasteiger partial charge < -0.3 is 5.73 Å². The third kappa shape index (κ3) is 3.22. The molecule has 2 rings (SSSR count). The molecule has 19 heavy (non-hydrogen) atoms. The molecular formula is C15H14Br2ClN. The van der Waals surface area contributed by atoms with Gasteiger partial charge in [0.05, 0.1) is 11.1 Å². The summed E-state index contributed by atoms with van der Waals surface area (Å²) in [6, 6.07) is 9.89. The Kier molecular flexibility index (Phi) is 4.72. The van der Waals surface area contributed by atoms with Crippen molar-refractivity contribution in [2.75, 3.05) is 0 Å². The van der Waals surface area contributed by atoms with E-state index in [1.54, 1.807) is 0 Å². The molecule has 2 aromatic rings. The highest BCUT2D eigenvalue weighted by Gasteiger charge is 2.14. The Balaban J connectivity index is 2.46. The molecule has 0 radical (unpaired) electrons. The highest BCUT2D eigenvalue weighted by molar-refractivity contribution is 9.10. The molecule has 0 amide bonds. The largest absolute Gasteiger partial charge is 0.320 e. The summed E-state index contributed by atoms with van der Waals surface area (Å²) < 4.78 is 1.99. The minimum atomic E-state index is -0.169. The molecule has 0 aliphatic rings. The third-order valence-corrected chi connectivity index (χ3v) is 5.27. The van der Waals surface area contributed by atoms with Gasteiger partial charge in [-0.2, -0.15) is 0 Å². The quantitative estimate of drug-likeness (QED) is 0.701. The Bertz CT molecular complexity index is 626. The van der Waals surface area contributed by atoms with E-state index in [1.807, 2.05) is 18.2 Å². The summed E-state index contributed by atoms with van der Waals surface area (Å²) in [6.45, 7) is 4.13. The molecule has 2 N–H and O–H groups in total. The van der Waals surface area contributed by atoms with E-state index < -0.39 is 0 Å². The lowest BCUT2D eigenvalue weighted by Crippen LogP contribution is -2.13. The molecule has 0 bridgehead atoms. The molecule has 1 nitrogen and oxygen atoms in total. The van der Waals surface area contributed by atoms with Crippen molar-refractivity contribution in [1.82, 2.24) is 0 Å². The lowest BCUT2D eigenvalue weighted by Gasteiger charge is -2.17. The standard InChI is InChI=1S/C15H14Br2ClN/c1-8-6-13(17)9(2)5-11(8)15(19)10-3-4-12(16)14(18)7-10/h3-7,15H,19H2,1-2H3. The van der Waals surface area contributed by atoms with E-state index in [4.69, 9.17) is 17.3 Å². The third-order valence-electron chi connectivity index (χ3n) is 3.19. The van der Waals surface area contributed by atoms with Crippen molar-refractivity contribution in [3.8, 4) is 0 Å². The van der Waals surface area contributed by atoms with E-state index in [0.29, 0.717) is 5.02 Å². The zero-order valence-corrected chi connectivity index (χ0v) is 14.6. The molecule has 100 valence electrons. The van der Waals surface area contributed by atoms with Crippen molar-refractivity contribution >= 4 is 43.5 Å². The summed E-state index contributed by atoms with van der Waals surface area (Å²) in [5.74, 6) is 0. The van der Waals surface area contributed by atoms with Gasteiger partial charge in [-0.25, -0.2) is 0 Å². The summed E-state index contributed by atoms with van der Waals surface area (Å²) in [7, 11) is 0. The molecule has 1 atom stereocenters. The highest BCUT2D eigenvalue weighted by atomic mass is 79.9. The Hall–Kier alpha value is -0.350. The van der Waals surface area contributed by atoms with Gasteiger partial charge in [0.15, 0.2) is 0 Å². The number of aryl methyl sites for hydroxylation is 2. The van der Waals surface area contributed by atoms with E-state index in [1.165, 1.54) is 11.1 Å². The van der Waals surface area contributed by atoms with E-state index in [9.17, 15) is 0 Å². The average Bonchev–Trinajstić information content (AvgIpc) is 2.36. The van der Waals surface area contributed by atoms with Crippen molar-refractivity contribution in [2.24, 2.45) is 5.73 Å². The van der Waals surface area contributed by atoms with Gasteiger partial charge in [-0.15, -0.1) is 0 Å². The van der Waals surface area contributed by atoms with Crippen LogP contribution in [0.25, 0.3) is 0 Å². The van der Waals surface area contributed by atoms with E-state index >= 15 is 0 Å². The highest BCUT2D eigenvalue weighted by Crippen LogP contribution is 2.31. The zero-order valence-electron chi connectivity index (χ0n) is 10.7. The summed E-state index contributed by atoms with van der Waals surface area (Å²) in [5, 5.41) is 0.680. The molecule has 2 aromatic carbocycles. The van der Waals surface area contributed by atoms with Gasteiger partial charge in [0, 0.05) is 8.95 Å². The van der Waals surface area contributed by atoms with Crippen LogP contribution in [0.2, 0.25) is 5.02 Å². The fraction of sp³-hybridized carbons (Fsp3) is 0.200. The lowest BCUT2D eigenvalue weighted by molar-refractivity contribution is 0.858. The van der Waals surface area contributed by atoms with Gasteiger partial charge in [0.2, 0.25) is 0 Å². The van der Waals surface area contributed by atoms with Crippen LogP contribution in [0.4, 0.5) is 0 Å². The van der Waals surface area contributed by atoms with Crippen LogP contribution in [0.1, 0.15) is 28.3 Å². The second kappa shape index (κ2) is 5.96. The van der Waals surface area contributed by atoms with Crippen LogP contribution in [-0.4, -0.2) is 0 Å². The molecule has 1 unspecified atom stereocenters. The molecule has 0 saturated heterocycles. The second-order valence-corrected chi connectivity index (χ2v) is 6.73. The molecule has 4 heteroatoms. The van der Waals surface area contributed by atoms with Crippen LogP contribution in [0.15, 0.2) is 39.3 Å². The molecule has 0 aliphatic carbocycles. The van der Waals surface area contributed by atoms with Crippen molar-refractivity contribution < 1.29 is 0 Å². The predicted molar refractivity (Wildman–Crippen MR) is 88.8 cm³/mol. The van der Waals surface area contributed by atoms with Crippen molar-refractivity contribution in [1.29, 1.82) is 0 Å². The predicted octanol–water partition coefficient (Wildman–Crippen LogP) is 5.53. The first kappa shape index (κ1) is 15.0. The Morgan fingerprint density at radius 3 is 2.32 bits per heavy atom.